The second kappa shape index (κ2) is 16.5. The summed E-state index contributed by atoms with van der Waals surface area (Å²) in [6.45, 7) is 10.7. The molecular formula is C36H45N3O7. The number of primary amides is 1. The van der Waals surface area contributed by atoms with E-state index in [1.54, 1.807) is 39.8 Å². The molecular weight excluding hydrogens is 586 g/mol. The number of hydrogen-bond donors (Lipinski definition) is 2. The summed E-state index contributed by atoms with van der Waals surface area (Å²) < 4.78 is 16.1. The molecule has 3 aromatic carbocycles. The van der Waals surface area contributed by atoms with Gasteiger partial charge in [-0.2, -0.15) is 0 Å². The summed E-state index contributed by atoms with van der Waals surface area (Å²) in [4.78, 5) is 53.1. The molecule has 10 heteroatoms. The Kier molecular flexibility index (Phi) is 12.7. The van der Waals surface area contributed by atoms with Gasteiger partial charge < -0.3 is 30.2 Å². The molecule has 0 saturated carbocycles. The van der Waals surface area contributed by atoms with Crippen molar-refractivity contribution in [2.75, 3.05) is 6.54 Å². The number of alkyl carbamates (subject to hydrolysis) is 1. The van der Waals surface area contributed by atoms with Crippen molar-refractivity contribution in [3.63, 3.8) is 0 Å². The number of carbonyl (C=O) groups excluding carboxylic acids is 4. The SMILES string of the molecule is Cc1cc(OC(=O)OCc2ccccc2)cc(C)c1C[C@H](NC(=O)OC(C)(C)C)C(=O)N(CCCc1ccccc1)[C@H](C)C(N)=O. The Bertz CT molecular complexity index is 1460. The van der Waals surface area contributed by atoms with Crippen LogP contribution in [0.25, 0.3) is 0 Å². The maximum atomic E-state index is 14.1. The van der Waals surface area contributed by atoms with E-state index in [2.05, 4.69) is 5.32 Å². The van der Waals surface area contributed by atoms with Crippen LogP contribution in [0.5, 0.6) is 5.75 Å². The Morgan fingerprint density at radius 1 is 0.891 bits per heavy atom. The van der Waals surface area contributed by atoms with E-state index in [4.69, 9.17) is 19.9 Å². The molecule has 3 N–H and O–H groups in total. The lowest BCUT2D eigenvalue weighted by Crippen LogP contribution is -2.55. The highest BCUT2D eigenvalue weighted by molar-refractivity contribution is 5.91. The first-order valence-corrected chi connectivity index (χ1v) is 15.4. The van der Waals surface area contributed by atoms with Gasteiger partial charge in [0.25, 0.3) is 0 Å². The van der Waals surface area contributed by atoms with Gasteiger partial charge in [0.15, 0.2) is 0 Å². The minimum Gasteiger partial charge on any atom is -0.444 e. The van der Waals surface area contributed by atoms with E-state index in [9.17, 15) is 19.2 Å². The smallest absolute Gasteiger partial charge is 0.444 e. The van der Waals surface area contributed by atoms with Crippen LogP contribution in [0.2, 0.25) is 0 Å². The fraction of sp³-hybridized carbons (Fsp3) is 0.389. The third-order valence-electron chi connectivity index (χ3n) is 7.34. The largest absolute Gasteiger partial charge is 0.514 e. The topological polar surface area (TPSA) is 137 Å². The third kappa shape index (κ3) is 11.3. The molecule has 2 atom stereocenters. The molecule has 3 amide bonds. The third-order valence-corrected chi connectivity index (χ3v) is 7.34. The molecule has 0 aliphatic carbocycles. The van der Waals surface area contributed by atoms with Crippen molar-refractivity contribution < 1.29 is 33.4 Å². The van der Waals surface area contributed by atoms with Crippen LogP contribution < -0.4 is 15.8 Å². The number of amides is 3. The minimum absolute atomic E-state index is 0.0709. The number of aryl methyl sites for hydroxylation is 3. The molecule has 10 nitrogen and oxygen atoms in total. The van der Waals surface area contributed by atoms with Gasteiger partial charge in [0.1, 0.15) is 30.0 Å². The predicted molar refractivity (Wildman–Crippen MR) is 175 cm³/mol. The summed E-state index contributed by atoms with van der Waals surface area (Å²) in [6.07, 6.45) is -0.250. The zero-order chi connectivity index (χ0) is 33.9. The molecule has 0 radical (unpaired) electrons. The Labute approximate surface area is 271 Å². The first-order valence-electron chi connectivity index (χ1n) is 15.4. The molecule has 3 rings (SSSR count). The number of carbonyl (C=O) groups is 4. The summed E-state index contributed by atoms with van der Waals surface area (Å²) in [6, 6.07) is 20.4. The van der Waals surface area contributed by atoms with Gasteiger partial charge in [-0.3, -0.25) is 9.59 Å². The zero-order valence-corrected chi connectivity index (χ0v) is 27.5. The average Bonchev–Trinajstić information content (AvgIpc) is 2.99. The maximum absolute atomic E-state index is 14.1. The van der Waals surface area contributed by atoms with Gasteiger partial charge in [-0.1, -0.05) is 60.7 Å². The van der Waals surface area contributed by atoms with E-state index in [0.717, 1.165) is 27.8 Å². The van der Waals surface area contributed by atoms with Gasteiger partial charge in [0, 0.05) is 13.0 Å². The lowest BCUT2D eigenvalue weighted by molar-refractivity contribution is -0.140. The number of benzene rings is 3. The number of nitrogens with zero attached hydrogens (tertiary/aromatic N) is 1. The van der Waals surface area contributed by atoms with Gasteiger partial charge in [0.05, 0.1) is 0 Å². The molecule has 0 heterocycles. The Hall–Kier alpha value is -4.86. The molecule has 0 unspecified atom stereocenters. The van der Waals surface area contributed by atoms with Crippen molar-refractivity contribution in [1.29, 1.82) is 0 Å². The highest BCUT2D eigenvalue weighted by atomic mass is 16.7. The molecule has 0 fully saturated rings. The van der Waals surface area contributed by atoms with Crippen LogP contribution in [0.1, 0.15) is 61.9 Å². The fourth-order valence-corrected chi connectivity index (χ4v) is 4.98. The molecule has 0 aromatic heterocycles. The second-order valence-corrected chi connectivity index (χ2v) is 12.3. The van der Waals surface area contributed by atoms with Crippen molar-refractivity contribution >= 4 is 24.1 Å². The first-order chi connectivity index (χ1) is 21.7. The summed E-state index contributed by atoms with van der Waals surface area (Å²) in [5, 5.41) is 2.73. The van der Waals surface area contributed by atoms with E-state index < -0.39 is 41.7 Å². The van der Waals surface area contributed by atoms with Crippen molar-refractivity contribution in [3.8, 4) is 5.75 Å². The van der Waals surface area contributed by atoms with Crippen LogP contribution in [-0.2, 0) is 38.5 Å². The van der Waals surface area contributed by atoms with Gasteiger partial charge in [-0.15, -0.1) is 0 Å². The van der Waals surface area contributed by atoms with Crippen LogP contribution in [-0.4, -0.2) is 53.2 Å². The monoisotopic (exact) mass is 631 g/mol. The first kappa shape index (κ1) is 35.6. The van der Waals surface area contributed by atoms with Crippen molar-refractivity contribution in [2.24, 2.45) is 5.73 Å². The summed E-state index contributed by atoms with van der Waals surface area (Å²) in [5.74, 6) is -0.837. The van der Waals surface area contributed by atoms with E-state index >= 15 is 0 Å². The van der Waals surface area contributed by atoms with Gasteiger partial charge in [-0.05, 0) is 94.3 Å². The highest BCUT2D eigenvalue weighted by Gasteiger charge is 2.33. The molecule has 46 heavy (non-hydrogen) atoms. The molecule has 0 saturated heterocycles. The Morgan fingerprint density at radius 2 is 1.46 bits per heavy atom. The highest BCUT2D eigenvalue weighted by Crippen LogP contribution is 2.25. The van der Waals surface area contributed by atoms with Crippen molar-refractivity contribution in [3.05, 3.63) is 101 Å². The fourth-order valence-electron chi connectivity index (χ4n) is 4.98. The maximum Gasteiger partial charge on any atom is 0.514 e. The Balaban J connectivity index is 1.82. The molecule has 246 valence electrons. The van der Waals surface area contributed by atoms with Crippen LogP contribution in [0.15, 0.2) is 72.8 Å². The van der Waals surface area contributed by atoms with E-state index in [1.165, 1.54) is 4.90 Å². The Morgan fingerprint density at radius 3 is 2.00 bits per heavy atom. The zero-order valence-electron chi connectivity index (χ0n) is 27.5. The van der Waals surface area contributed by atoms with Crippen LogP contribution in [0.3, 0.4) is 0 Å². The average molecular weight is 632 g/mol. The van der Waals surface area contributed by atoms with Gasteiger partial charge in [-0.25, -0.2) is 9.59 Å². The number of hydrogen-bond acceptors (Lipinski definition) is 7. The second-order valence-electron chi connectivity index (χ2n) is 12.3. The lowest BCUT2D eigenvalue weighted by Gasteiger charge is -2.32. The quantitative estimate of drug-likeness (QED) is 0.180. The minimum atomic E-state index is -1.08. The van der Waals surface area contributed by atoms with Crippen LogP contribution in [0, 0.1) is 13.8 Å². The molecule has 0 aliphatic heterocycles. The molecule has 0 aliphatic rings. The van der Waals surface area contributed by atoms with Crippen molar-refractivity contribution in [2.45, 2.75) is 85.1 Å². The number of nitrogens with two attached hydrogens (primary N) is 1. The van der Waals surface area contributed by atoms with Crippen LogP contribution in [0.4, 0.5) is 9.59 Å². The lowest BCUT2D eigenvalue weighted by atomic mass is 9.95. The summed E-state index contributed by atoms with van der Waals surface area (Å²) in [7, 11) is 0. The molecule has 3 aromatic rings. The van der Waals surface area contributed by atoms with E-state index in [-0.39, 0.29) is 25.3 Å². The van der Waals surface area contributed by atoms with E-state index in [0.29, 0.717) is 12.8 Å². The number of nitrogens with one attached hydrogen (secondary N) is 1. The van der Waals surface area contributed by atoms with Crippen molar-refractivity contribution in [1.82, 2.24) is 10.2 Å². The molecule has 0 spiro atoms. The molecule has 0 bridgehead atoms. The van der Waals surface area contributed by atoms with Crippen LogP contribution >= 0.6 is 0 Å². The number of ether oxygens (including phenoxy) is 3. The number of rotatable bonds is 13. The summed E-state index contributed by atoms with van der Waals surface area (Å²) >= 11 is 0. The predicted octanol–water partition coefficient (Wildman–Crippen LogP) is 5.79. The summed E-state index contributed by atoms with van der Waals surface area (Å²) in [5.41, 5.74) is 9.01. The van der Waals surface area contributed by atoms with Gasteiger partial charge in [0.2, 0.25) is 11.8 Å². The van der Waals surface area contributed by atoms with E-state index in [1.807, 2.05) is 74.5 Å². The normalized spacial score (nSPS) is 12.4. The van der Waals surface area contributed by atoms with Gasteiger partial charge >= 0.3 is 12.2 Å². The standard InChI is InChI=1S/C36H45N3O7/c1-24-20-29(45-35(43)44-23-28-16-11-8-12-17-28)21-25(2)30(24)22-31(38-34(42)46-36(4,5)6)33(41)39(26(3)32(37)40)19-13-18-27-14-9-7-10-15-27/h7-12,14-17,20-21,26,31H,13,18-19,22-23H2,1-6H3,(H2,37,40)(H,38,42)/t26-,31+/m1/s1.